The number of hydrogen-bond acceptors (Lipinski definition) is 1. The summed E-state index contributed by atoms with van der Waals surface area (Å²) in [6.45, 7) is 12.3. The van der Waals surface area contributed by atoms with Gasteiger partial charge in [-0.3, -0.25) is 4.79 Å². The normalized spacial score (nSPS) is 9.00. The van der Waals surface area contributed by atoms with Gasteiger partial charge in [-0.2, -0.15) is 0 Å². The molecule has 0 aromatic heterocycles. The second-order valence-electron chi connectivity index (χ2n) is 5.14. The molecule has 0 aliphatic carbocycles. The van der Waals surface area contributed by atoms with Crippen molar-refractivity contribution in [2.45, 2.75) is 60.8 Å². The van der Waals surface area contributed by atoms with Gasteiger partial charge in [0.25, 0.3) is 0 Å². The van der Waals surface area contributed by atoms with Crippen LogP contribution in [0.15, 0.2) is 24.3 Å². The average Bonchev–Trinajstić information content (AvgIpc) is 2.28. The number of rotatable bonds is 3. The minimum atomic E-state index is -0.333. The van der Waals surface area contributed by atoms with E-state index in [1.807, 2.05) is 0 Å². The Kier molecular flexibility index (Phi) is 13.8. The second kappa shape index (κ2) is 13.1. The van der Waals surface area contributed by atoms with Crippen molar-refractivity contribution < 1.29 is 4.79 Å². The van der Waals surface area contributed by atoms with E-state index in [4.69, 9.17) is 0 Å². The summed E-state index contributed by atoms with van der Waals surface area (Å²) >= 11 is 0. The lowest BCUT2D eigenvalue weighted by molar-refractivity contribution is -0.115. The largest absolute Gasteiger partial charge is 0.370 e. The van der Waals surface area contributed by atoms with Crippen LogP contribution in [0.5, 0.6) is 0 Å². The first-order chi connectivity index (χ1) is 8.83. The Balaban J connectivity index is 0. The molecule has 0 saturated carbocycles. The smallest absolute Gasteiger partial charge is 0.214 e. The Bertz CT molecular complexity index is 328. The van der Waals surface area contributed by atoms with E-state index in [1.165, 1.54) is 30.9 Å². The number of hydrogen-bond donors (Lipinski definition) is 1. The molecule has 0 aliphatic heterocycles. The van der Waals surface area contributed by atoms with Gasteiger partial charge < -0.3 is 5.73 Å². The fourth-order valence-corrected chi connectivity index (χ4v) is 1.51. The zero-order valence-corrected chi connectivity index (χ0v) is 13.5. The molecule has 0 radical (unpaired) electrons. The SMILES string of the molecule is CC(N)=O.CCCC(C)C.CCc1cccc(C)c1. The van der Waals surface area contributed by atoms with Gasteiger partial charge in [-0.25, -0.2) is 0 Å². The molecule has 1 rings (SSSR count). The van der Waals surface area contributed by atoms with Crippen LogP contribution in [-0.4, -0.2) is 5.91 Å². The third-order valence-electron chi connectivity index (χ3n) is 2.36. The van der Waals surface area contributed by atoms with Crippen molar-refractivity contribution in [1.29, 1.82) is 0 Å². The van der Waals surface area contributed by atoms with E-state index in [9.17, 15) is 4.79 Å². The highest BCUT2D eigenvalue weighted by Crippen LogP contribution is 2.03. The third-order valence-corrected chi connectivity index (χ3v) is 2.36. The Labute approximate surface area is 119 Å². The Morgan fingerprint density at radius 1 is 1.26 bits per heavy atom. The number of carbonyl (C=O) groups is 1. The van der Waals surface area contributed by atoms with Gasteiger partial charge in [0.15, 0.2) is 0 Å². The molecular weight excluding hydrogens is 234 g/mol. The van der Waals surface area contributed by atoms with Crippen LogP contribution < -0.4 is 5.73 Å². The third kappa shape index (κ3) is 19.2. The first-order valence-corrected chi connectivity index (χ1v) is 7.14. The lowest BCUT2D eigenvalue weighted by Gasteiger charge is -1.95. The zero-order chi connectivity index (χ0) is 15.3. The summed E-state index contributed by atoms with van der Waals surface area (Å²) in [5.41, 5.74) is 7.25. The zero-order valence-electron chi connectivity index (χ0n) is 13.5. The molecule has 0 saturated heterocycles. The van der Waals surface area contributed by atoms with E-state index < -0.39 is 0 Å². The quantitative estimate of drug-likeness (QED) is 0.859. The van der Waals surface area contributed by atoms with Gasteiger partial charge in [-0.15, -0.1) is 0 Å². The summed E-state index contributed by atoms with van der Waals surface area (Å²) in [6, 6.07) is 8.61. The molecule has 0 aliphatic rings. The monoisotopic (exact) mass is 265 g/mol. The van der Waals surface area contributed by atoms with Gasteiger partial charge in [0, 0.05) is 6.92 Å². The van der Waals surface area contributed by atoms with Gasteiger partial charge in [0.1, 0.15) is 0 Å². The highest BCUT2D eigenvalue weighted by atomic mass is 16.1. The van der Waals surface area contributed by atoms with Crippen LogP contribution in [0.25, 0.3) is 0 Å². The van der Waals surface area contributed by atoms with Crippen LogP contribution in [0.3, 0.4) is 0 Å². The molecule has 0 spiro atoms. The Morgan fingerprint density at radius 2 is 1.79 bits per heavy atom. The summed E-state index contributed by atoms with van der Waals surface area (Å²) < 4.78 is 0. The summed E-state index contributed by atoms with van der Waals surface area (Å²) in [5, 5.41) is 0. The van der Waals surface area contributed by atoms with E-state index in [-0.39, 0.29) is 5.91 Å². The number of benzene rings is 1. The molecule has 2 heteroatoms. The fraction of sp³-hybridized carbons (Fsp3) is 0.588. The molecule has 1 amide bonds. The molecule has 0 bridgehead atoms. The summed E-state index contributed by atoms with van der Waals surface area (Å²) in [7, 11) is 0. The van der Waals surface area contributed by atoms with Crippen molar-refractivity contribution >= 4 is 5.91 Å². The molecular formula is C17H31NO. The van der Waals surface area contributed by atoms with Crippen molar-refractivity contribution in [3.05, 3.63) is 35.4 Å². The lowest BCUT2D eigenvalue weighted by atomic mass is 10.1. The molecule has 0 fully saturated rings. The predicted molar refractivity (Wildman–Crippen MR) is 85.2 cm³/mol. The summed E-state index contributed by atoms with van der Waals surface area (Å²) in [6.07, 6.45) is 3.85. The van der Waals surface area contributed by atoms with Gasteiger partial charge in [-0.1, -0.05) is 70.4 Å². The maximum atomic E-state index is 9.22. The van der Waals surface area contributed by atoms with E-state index >= 15 is 0 Å². The first-order valence-electron chi connectivity index (χ1n) is 7.14. The molecule has 0 heterocycles. The maximum absolute atomic E-state index is 9.22. The topological polar surface area (TPSA) is 43.1 Å². The summed E-state index contributed by atoms with van der Waals surface area (Å²) in [4.78, 5) is 9.22. The van der Waals surface area contributed by atoms with Crippen LogP contribution in [0.1, 0.15) is 58.6 Å². The molecule has 1 aromatic carbocycles. The van der Waals surface area contributed by atoms with Crippen molar-refractivity contribution in [2.24, 2.45) is 11.7 Å². The summed E-state index contributed by atoms with van der Waals surface area (Å²) in [5.74, 6) is 0.565. The van der Waals surface area contributed by atoms with Crippen LogP contribution in [0.4, 0.5) is 0 Å². The van der Waals surface area contributed by atoms with E-state index in [1.54, 1.807) is 0 Å². The highest BCUT2D eigenvalue weighted by molar-refractivity contribution is 5.70. The van der Waals surface area contributed by atoms with Crippen LogP contribution >= 0.6 is 0 Å². The van der Waals surface area contributed by atoms with E-state index in [0.717, 1.165) is 12.3 Å². The van der Waals surface area contributed by atoms with Gasteiger partial charge in [0.05, 0.1) is 0 Å². The van der Waals surface area contributed by atoms with Crippen molar-refractivity contribution in [2.75, 3.05) is 0 Å². The number of carbonyl (C=O) groups excluding carboxylic acids is 1. The number of amides is 1. The molecule has 19 heavy (non-hydrogen) atoms. The van der Waals surface area contributed by atoms with Crippen molar-refractivity contribution in [3.8, 4) is 0 Å². The van der Waals surface area contributed by atoms with Crippen LogP contribution in [0, 0.1) is 12.8 Å². The molecule has 2 N–H and O–H groups in total. The van der Waals surface area contributed by atoms with Gasteiger partial charge >= 0.3 is 0 Å². The molecule has 0 atom stereocenters. The average molecular weight is 265 g/mol. The van der Waals surface area contributed by atoms with Crippen molar-refractivity contribution in [3.63, 3.8) is 0 Å². The Hall–Kier alpha value is -1.31. The maximum Gasteiger partial charge on any atom is 0.214 e. The molecule has 2 nitrogen and oxygen atoms in total. The predicted octanol–water partition coefficient (Wildman–Crippen LogP) is 4.49. The second-order valence-corrected chi connectivity index (χ2v) is 5.14. The molecule has 1 aromatic rings. The van der Waals surface area contributed by atoms with Crippen LogP contribution in [0.2, 0.25) is 0 Å². The van der Waals surface area contributed by atoms with Gasteiger partial charge in [0.2, 0.25) is 5.91 Å². The minimum absolute atomic E-state index is 0.333. The minimum Gasteiger partial charge on any atom is -0.370 e. The number of primary amides is 1. The number of nitrogens with two attached hydrogens (primary N) is 1. The Morgan fingerprint density at radius 3 is 2.00 bits per heavy atom. The van der Waals surface area contributed by atoms with Gasteiger partial charge in [-0.05, 0) is 24.8 Å². The lowest BCUT2D eigenvalue weighted by Crippen LogP contribution is -2.01. The number of aryl methyl sites for hydroxylation is 2. The highest BCUT2D eigenvalue weighted by Gasteiger charge is 1.86. The van der Waals surface area contributed by atoms with Crippen LogP contribution in [-0.2, 0) is 11.2 Å². The van der Waals surface area contributed by atoms with Crippen molar-refractivity contribution in [1.82, 2.24) is 0 Å². The van der Waals surface area contributed by atoms with E-state index in [0.29, 0.717) is 0 Å². The first kappa shape index (κ1) is 20.0. The fourth-order valence-electron chi connectivity index (χ4n) is 1.51. The standard InChI is InChI=1S/C9H12.C6H14.C2H5NO/c1-3-9-6-4-5-8(2)7-9;1-4-5-6(2)3;1-2(3)4/h4-7H,3H2,1-2H3;6H,4-5H2,1-3H3;1H3,(H2,3,4). The molecule has 110 valence electrons. The van der Waals surface area contributed by atoms with E-state index in [2.05, 4.69) is 64.6 Å². The molecule has 0 unspecified atom stereocenters.